The van der Waals surface area contributed by atoms with Crippen LogP contribution in [0.3, 0.4) is 0 Å². The number of nitrogens with zero attached hydrogens (tertiary/aromatic N) is 2. The zero-order valence-corrected chi connectivity index (χ0v) is 17.5. The molecule has 1 aromatic rings. The molecule has 0 aromatic heterocycles. The van der Waals surface area contributed by atoms with Crippen molar-refractivity contribution in [2.75, 3.05) is 13.2 Å². The first-order valence-electron chi connectivity index (χ1n) is 10.8. The van der Waals surface area contributed by atoms with E-state index in [0.717, 1.165) is 36.4 Å². The number of carbonyl (C=O) groups excluding carboxylic acids is 3. The molecule has 3 aliphatic heterocycles. The number of ether oxygens (including phenoxy) is 1. The molecule has 2 fully saturated rings. The maximum absolute atomic E-state index is 12.8. The largest absolute Gasteiger partial charge is 0.491 e. The van der Waals surface area contributed by atoms with E-state index in [-0.39, 0.29) is 18.2 Å². The second kappa shape index (κ2) is 8.50. The van der Waals surface area contributed by atoms with Crippen molar-refractivity contribution in [1.29, 1.82) is 0 Å². The van der Waals surface area contributed by atoms with Gasteiger partial charge in [-0.05, 0) is 55.9 Å². The van der Waals surface area contributed by atoms with Crippen molar-refractivity contribution in [2.24, 2.45) is 0 Å². The summed E-state index contributed by atoms with van der Waals surface area (Å²) in [5.41, 5.74) is 2.62. The molecule has 0 aliphatic carbocycles. The number of hydrogen-bond acceptors (Lipinski definition) is 5. The summed E-state index contributed by atoms with van der Waals surface area (Å²) in [5, 5.41) is 2.33. The minimum atomic E-state index is -0.595. The van der Waals surface area contributed by atoms with Gasteiger partial charge in [-0.1, -0.05) is 13.5 Å². The van der Waals surface area contributed by atoms with Crippen LogP contribution in [0.15, 0.2) is 30.5 Å². The molecule has 1 N–H and O–H groups in total. The Hall–Kier alpha value is -2.83. The first-order valence-corrected chi connectivity index (χ1v) is 10.8. The van der Waals surface area contributed by atoms with E-state index in [2.05, 4.69) is 23.7 Å². The molecular formula is C23H29N3O4. The predicted molar refractivity (Wildman–Crippen MR) is 112 cm³/mol. The molecule has 4 rings (SSSR count). The van der Waals surface area contributed by atoms with E-state index in [1.807, 2.05) is 12.1 Å². The molecule has 0 saturated carbocycles. The van der Waals surface area contributed by atoms with Gasteiger partial charge >= 0.3 is 0 Å². The Morgan fingerprint density at radius 1 is 1.23 bits per heavy atom. The van der Waals surface area contributed by atoms with Crippen LogP contribution in [0.5, 0.6) is 5.75 Å². The van der Waals surface area contributed by atoms with E-state index in [1.54, 1.807) is 11.0 Å². The predicted octanol–water partition coefficient (Wildman–Crippen LogP) is 2.60. The maximum Gasteiger partial charge on any atom is 0.255 e. The molecule has 0 radical (unpaired) electrons. The summed E-state index contributed by atoms with van der Waals surface area (Å²) < 4.78 is 6.11. The lowest BCUT2D eigenvalue weighted by atomic mass is 10.0. The molecule has 0 spiro atoms. The number of allylic oxidation sites excluding steroid dienone is 1. The van der Waals surface area contributed by atoms with Crippen LogP contribution in [0.2, 0.25) is 0 Å². The van der Waals surface area contributed by atoms with Crippen molar-refractivity contribution in [3.63, 3.8) is 0 Å². The average molecular weight is 412 g/mol. The zero-order chi connectivity index (χ0) is 21.3. The SMILES string of the molecule is C=C(CC)N1CCCC[C@H]1COc1ccc2c(c1)CN(C1CCC(=O)NC1=O)C2=O. The lowest BCUT2D eigenvalue weighted by molar-refractivity contribution is -0.136. The van der Waals surface area contributed by atoms with Gasteiger partial charge in [0.15, 0.2) is 0 Å². The lowest BCUT2D eigenvalue weighted by Crippen LogP contribution is -2.52. The molecule has 3 amide bonds. The Balaban J connectivity index is 1.42. The molecule has 2 saturated heterocycles. The second-order valence-corrected chi connectivity index (χ2v) is 8.29. The summed E-state index contributed by atoms with van der Waals surface area (Å²) in [6.45, 7) is 8.30. The van der Waals surface area contributed by atoms with Crippen molar-refractivity contribution < 1.29 is 19.1 Å². The zero-order valence-electron chi connectivity index (χ0n) is 17.5. The quantitative estimate of drug-likeness (QED) is 0.728. The maximum atomic E-state index is 12.8. The van der Waals surface area contributed by atoms with Crippen LogP contribution in [0.4, 0.5) is 0 Å². The van der Waals surface area contributed by atoms with Gasteiger partial charge in [0.1, 0.15) is 18.4 Å². The van der Waals surface area contributed by atoms with Gasteiger partial charge < -0.3 is 14.5 Å². The Labute approximate surface area is 177 Å². The molecule has 0 bridgehead atoms. The van der Waals surface area contributed by atoms with Crippen molar-refractivity contribution >= 4 is 17.7 Å². The smallest absolute Gasteiger partial charge is 0.255 e. The molecule has 1 aromatic carbocycles. The van der Waals surface area contributed by atoms with Gasteiger partial charge in [0.05, 0.1) is 6.04 Å². The monoisotopic (exact) mass is 411 g/mol. The van der Waals surface area contributed by atoms with Gasteiger partial charge in [-0.3, -0.25) is 19.7 Å². The van der Waals surface area contributed by atoms with Crippen LogP contribution in [-0.2, 0) is 16.1 Å². The van der Waals surface area contributed by atoms with E-state index in [0.29, 0.717) is 31.2 Å². The Bertz CT molecular complexity index is 881. The molecule has 7 nitrogen and oxygen atoms in total. The highest BCUT2D eigenvalue weighted by molar-refractivity contribution is 6.05. The van der Waals surface area contributed by atoms with Crippen molar-refractivity contribution in [3.05, 3.63) is 41.6 Å². The number of benzene rings is 1. The summed E-state index contributed by atoms with van der Waals surface area (Å²) in [5.74, 6) is -0.0981. The van der Waals surface area contributed by atoms with Crippen LogP contribution < -0.4 is 10.1 Å². The molecule has 3 aliphatic rings. The van der Waals surface area contributed by atoms with Gasteiger partial charge in [-0.2, -0.15) is 0 Å². The number of carbonyl (C=O) groups is 3. The summed E-state index contributed by atoms with van der Waals surface area (Å²) >= 11 is 0. The first-order chi connectivity index (χ1) is 14.5. The molecule has 30 heavy (non-hydrogen) atoms. The fraction of sp³-hybridized carbons (Fsp3) is 0.522. The number of imide groups is 1. The third-order valence-electron chi connectivity index (χ3n) is 6.38. The number of nitrogens with one attached hydrogen (secondary N) is 1. The van der Waals surface area contributed by atoms with Crippen LogP contribution in [-0.4, -0.2) is 52.8 Å². The van der Waals surface area contributed by atoms with Crippen LogP contribution in [0.25, 0.3) is 0 Å². The van der Waals surface area contributed by atoms with Crippen molar-refractivity contribution in [3.8, 4) is 5.75 Å². The normalized spacial score (nSPS) is 24.0. The second-order valence-electron chi connectivity index (χ2n) is 8.29. The average Bonchev–Trinajstić information content (AvgIpc) is 3.07. The third kappa shape index (κ3) is 3.93. The Morgan fingerprint density at radius 2 is 2.07 bits per heavy atom. The third-order valence-corrected chi connectivity index (χ3v) is 6.38. The highest BCUT2D eigenvalue weighted by atomic mass is 16.5. The Morgan fingerprint density at radius 3 is 2.83 bits per heavy atom. The minimum Gasteiger partial charge on any atom is -0.491 e. The summed E-state index contributed by atoms with van der Waals surface area (Å²) in [7, 11) is 0. The molecule has 3 heterocycles. The summed E-state index contributed by atoms with van der Waals surface area (Å²) in [6.07, 6.45) is 5.03. The van der Waals surface area contributed by atoms with E-state index < -0.39 is 11.9 Å². The van der Waals surface area contributed by atoms with E-state index in [9.17, 15) is 14.4 Å². The first kappa shape index (κ1) is 20.4. The highest BCUT2D eigenvalue weighted by Gasteiger charge is 2.39. The van der Waals surface area contributed by atoms with E-state index >= 15 is 0 Å². The minimum absolute atomic E-state index is 0.163. The fourth-order valence-corrected chi connectivity index (χ4v) is 4.63. The lowest BCUT2D eigenvalue weighted by Gasteiger charge is -2.38. The van der Waals surface area contributed by atoms with Gasteiger partial charge in [0.25, 0.3) is 5.91 Å². The Kier molecular flexibility index (Phi) is 5.79. The van der Waals surface area contributed by atoms with Gasteiger partial charge in [0, 0.05) is 30.8 Å². The molecule has 7 heteroatoms. The van der Waals surface area contributed by atoms with E-state index in [1.165, 1.54) is 12.8 Å². The number of rotatable bonds is 6. The van der Waals surface area contributed by atoms with E-state index in [4.69, 9.17) is 4.74 Å². The summed E-state index contributed by atoms with van der Waals surface area (Å²) in [4.78, 5) is 40.3. The fourth-order valence-electron chi connectivity index (χ4n) is 4.63. The van der Waals surface area contributed by atoms with Crippen LogP contribution in [0, 0.1) is 0 Å². The van der Waals surface area contributed by atoms with Gasteiger partial charge in [0.2, 0.25) is 11.8 Å². The number of fused-ring (bicyclic) bond motifs is 1. The molecule has 2 atom stereocenters. The molecule has 1 unspecified atom stereocenters. The van der Waals surface area contributed by atoms with Crippen LogP contribution in [0.1, 0.15) is 61.4 Å². The van der Waals surface area contributed by atoms with Crippen molar-refractivity contribution in [2.45, 2.75) is 64.1 Å². The number of piperidine rings is 2. The summed E-state index contributed by atoms with van der Waals surface area (Å²) in [6, 6.07) is 5.24. The number of amides is 3. The van der Waals surface area contributed by atoms with Gasteiger partial charge in [-0.15, -0.1) is 0 Å². The number of hydrogen-bond donors (Lipinski definition) is 1. The van der Waals surface area contributed by atoms with Crippen LogP contribution >= 0.6 is 0 Å². The van der Waals surface area contributed by atoms with Crippen molar-refractivity contribution in [1.82, 2.24) is 15.1 Å². The topological polar surface area (TPSA) is 79.0 Å². The molecule has 160 valence electrons. The van der Waals surface area contributed by atoms with Gasteiger partial charge in [-0.25, -0.2) is 0 Å². The molecular weight excluding hydrogens is 382 g/mol. The highest BCUT2D eigenvalue weighted by Crippen LogP contribution is 2.31. The number of likely N-dealkylation sites (tertiary alicyclic amines) is 1. The standard InChI is InChI=1S/C23H29N3O4/c1-3-15(2)25-11-5-4-6-17(25)14-30-18-7-8-19-16(12-18)13-26(23(19)29)20-9-10-21(27)24-22(20)28/h7-8,12,17,20H,2-6,9-11,13-14H2,1H3,(H,24,27,28)/t17-,20?/m0/s1.